The molecule has 0 aromatic rings. The summed E-state index contributed by atoms with van der Waals surface area (Å²) in [6, 6.07) is -0.494. The molecule has 1 rings (SSSR count). The molecular formula is C9H15NO4S2. The Bertz CT molecular complexity index is 486. The lowest BCUT2D eigenvalue weighted by atomic mass is 10.3. The molecule has 0 amide bonds. The van der Waals surface area contributed by atoms with Crippen LogP contribution in [0.4, 0.5) is 0 Å². The molecule has 1 heterocycles. The molecule has 1 fully saturated rings. The van der Waals surface area contributed by atoms with Gasteiger partial charge in [0.05, 0.1) is 23.8 Å². The van der Waals surface area contributed by atoms with Gasteiger partial charge in [-0.25, -0.2) is 16.8 Å². The summed E-state index contributed by atoms with van der Waals surface area (Å²) >= 11 is 0. The van der Waals surface area contributed by atoms with Crippen molar-refractivity contribution in [2.24, 2.45) is 0 Å². The average molecular weight is 265 g/mol. The topological polar surface area (TPSA) is 71.5 Å². The van der Waals surface area contributed by atoms with Gasteiger partial charge in [-0.1, -0.05) is 5.92 Å². The van der Waals surface area contributed by atoms with Gasteiger partial charge in [0.25, 0.3) is 0 Å². The van der Waals surface area contributed by atoms with Crippen molar-refractivity contribution in [3.05, 3.63) is 0 Å². The molecule has 0 spiro atoms. The average Bonchev–Trinajstić information content (AvgIpc) is 2.54. The van der Waals surface area contributed by atoms with Crippen LogP contribution in [0.2, 0.25) is 0 Å². The van der Waals surface area contributed by atoms with E-state index in [4.69, 9.17) is 6.42 Å². The summed E-state index contributed by atoms with van der Waals surface area (Å²) < 4.78 is 47.2. The smallest absolute Gasteiger partial charge is 0.214 e. The Morgan fingerprint density at radius 1 is 1.50 bits per heavy atom. The fourth-order valence-corrected chi connectivity index (χ4v) is 4.78. The third kappa shape index (κ3) is 2.97. The van der Waals surface area contributed by atoms with Crippen molar-refractivity contribution in [1.29, 1.82) is 0 Å². The molecule has 0 bridgehead atoms. The minimum Gasteiger partial charge on any atom is -0.229 e. The number of sulfone groups is 1. The number of hydrogen-bond donors (Lipinski definition) is 0. The zero-order chi connectivity index (χ0) is 12.4. The Morgan fingerprint density at radius 2 is 2.12 bits per heavy atom. The Kier molecular flexibility index (Phi) is 3.99. The van der Waals surface area contributed by atoms with Gasteiger partial charge in [-0.05, 0) is 13.3 Å². The monoisotopic (exact) mass is 265 g/mol. The van der Waals surface area contributed by atoms with Crippen LogP contribution in [0.1, 0.15) is 13.3 Å². The maximum Gasteiger partial charge on any atom is 0.214 e. The molecule has 7 heteroatoms. The minimum absolute atomic E-state index is 0.0397. The first-order valence-electron chi connectivity index (χ1n) is 4.96. The molecule has 1 aliphatic heterocycles. The van der Waals surface area contributed by atoms with Gasteiger partial charge in [0, 0.05) is 6.04 Å². The maximum absolute atomic E-state index is 11.7. The van der Waals surface area contributed by atoms with Gasteiger partial charge in [0.2, 0.25) is 10.0 Å². The summed E-state index contributed by atoms with van der Waals surface area (Å²) in [5, 5.41) is 0. The van der Waals surface area contributed by atoms with Gasteiger partial charge < -0.3 is 0 Å². The lowest BCUT2D eigenvalue weighted by Gasteiger charge is -2.24. The van der Waals surface area contributed by atoms with Gasteiger partial charge >= 0.3 is 0 Å². The van der Waals surface area contributed by atoms with Crippen LogP contribution in [-0.2, 0) is 19.9 Å². The van der Waals surface area contributed by atoms with E-state index < -0.39 is 25.9 Å². The summed E-state index contributed by atoms with van der Waals surface area (Å²) in [7, 11) is -6.53. The number of terminal acetylenes is 1. The maximum atomic E-state index is 11.7. The Balaban J connectivity index is 2.94. The minimum atomic E-state index is -3.43. The second-order valence-corrected chi connectivity index (χ2v) is 8.15. The highest BCUT2D eigenvalue weighted by molar-refractivity contribution is 7.92. The number of hydrogen-bond acceptors (Lipinski definition) is 4. The highest BCUT2D eigenvalue weighted by Gasteiger charge is 2.36. The second kappa shape index (κ2) is 4.73. The first-order chi connectivity index (χ1) is 7.32. The van der Waals surface area contributed by atoms with Crippen LogP contribution in [0.25, 0.3) is 0 Å². The summed E-state index contributed by atoms with van der Waals surface area (Å²) in [4.78, 5) is 0. The molecule has 5 nitrogen and oxygen atoms in total. The quantitative estimate of drug-likeness (QED) is 0.640. The Labute approximate surface area is 96.8 Å². The third-order valence-electron chi connectivity index (χ3n) is 2.58. The van der Waals surface area contributed by atoms with Crippen LogP contribution >= 0.6 is 0 Å². The highest BCUT2D eigenvalue weighted by atomic mass is 32.2. The van der Waals surface area contributed by atoms with Crippen LogP contribution in [0.3, 0.4) is 0 Å². The summed E-state index contributed by atoms with van der Waals surface area (Å²) in [5.74, 6) is 2.12. The summed E-state index contributed by atoms with van der Waals surface area (Å²) in [6.45, 7) is 1.46. The normalized spacial score (nSPS) is 24.4. The largest absolute Gasteiger partial charge is 0.229 e. The lowest BCUT2D eigenvalue weighted by Crippen LogP contribution is -2.42. The van der Waals surface area contributed by atoms with Crippen molar-refractivity contribution < 1.29 is 16.8 Å². The van der Waals surface area contributed by atoms with E-state index in [1.807, 2.05) is 0 Å². The molecule has 1 aliphatic rings. The van der Waals surface area contributed by atoms with Crippen LogP contribution in [-0.4, -0.2) is 51.0 Å². The summed E-state index contributed by atoms with van der Waals surface area (Å²) in [5.41, 5.74) is 0. The SMILES string of the molecule is C#CCN(C1CCS(=O)(=O)C1)S(=O)(=O)CC. The van der Waals surface area contributed by atoms with Crippen LogP contribution in [0, 0.1) is 12.3 Å². The van der Waals surface area contributed by atoms with E-state index in [9.17, 15) is 16.8 Å². The summed E-state index contributed by atoms with van der Waals surface area (Å²) in [6.07, 6.45) is 5.45. The van der Waals surface area contributed by atoms with Gasteiger partial charge in [-0.3, -0.25) is 0 Å². The first kappa shape index (κ1) is 13.5. The fraction of sp³-hybridized carbons (Fsp3) is 0.778. The predicted molar refractivity (Wildman–Crippen MR) is 62.1 cm³/mol. The van der Waals surface area contributed by atoms with Crippen molar-refractivity contribution in [3.63, 3.8) is 0 Å². The zero-order valence-electron chi connectivity index (χ0n) is 9.09. The molecule has 0 saturated carbocycles. The number of rotatable bonds is 4. The van der Waals surface area contributed by atoms with E-state index in [2.05, 4.69) is 5.92 Å². The molecule has 0 N–H and O–H groups in total. The molecule has 0 aliphatic carbocycles. The van der Waals surface area contributed by atoms with E-state index in [1.165, 1.54) is 6.92 Å². The van der Waals surface area contributed by atoms with Gasteiger partial charge in [0.1, 0.15) is 0 Å². The Morgan fingerprint density at radius 3 is 2.50 bits per heavy atom. The number of nitrogens with zero attached hydrogens (tertiary/aromatic N) is 1. The molecular weight excluding hydrogens is 250 g/mol. The van der Waals surface area contributed by atoms with Crippen molar-refractivity contribution in [2.45, 2.75) is 19.4 Å². The molecule has 0 radical (unpaired) electrons. The second-order valence-electron chi connectivity index (χ2n) is 3.71. The van der Waals surface area contributed by atoms with Crippen molar-refractivity contribution in [3.8, 4) is 12.3 Å². The standard InChI is InChI=1S/C9H15NO4S2/c1-3-6-10(16(13,14)4-2)9-5-7-15(11,12)8-9/h1,9H,4-8H2,2H3. The molecule has 1 atom stereocenters. The van der Waals surface area contributed by atoms with Gasteiger partial charge in [0.15, 0.2) is 9.84 Å². The Hall–Kier alpha value is -0.580. The van der Waals surface area contributed by atoms with E-state index in [-0.39, 0.29) is 23.8 Å². The van der Waals surface area contributed by atoms with E-state index in [1.54, 1.807) is 0 Å². The fourth-order valence-electron chi connectivity index (χ4n) is 1.71. The van der Waals surface area contributed by atoms with Crippen LogP contribution < -0.4 is 0 Å². The highest BCUT2D eigenvalue weighted by Crippen LogP contribution is 2.20. The zero-order valence-corrected chi connectivity index (χ0v) is 10.7. The third-order valence-corrected chi connectivity index (χ3v) is 6.21. The molecule has 0 aromatic heterocycles. The molecule has 0 aromatic carbocycles. The lowest BCUT2D eigenvalue weighted by molar-refractivity contribution is 0.372. The van der Waals surface area contributed by atoms with Crippen molar-refractivity contribution >= 4 is 19.9 Å². The molecule has 92 valence electrons. The van der Waals surface area contributed by atoms with E-state index >= 15 is 0 Å². The molecule has 1 saturated heterocycles. The first-order valence-corrected chi connectivity index (χ1v) is 8.39. The van der Waals surface area contributed by atoms with Gasteiger partial charge in [-0.15, -0.1) is 6.42 Å². The van der Waals surface area contributed by atoms with Crippen molar-refractivity contribution in [2.75, 3.05) is 23.8 Å². The van der Waals surface area contributed by atoms with Crippen LogP contribution in [0.15, 0.2) is 0 Å². The van der Waals surface area contributed by atoms with Crippen molar-refractivity contribution in [1.82, 2.24) is 4.31 Å². The number of sulfonamides is 1. The van der Waals surface area contributed by atoms with Gasteiger partial charge in [-0.2, -0.15) is 4.31 Å². The molecule has 16 heavy (non-hydrogen) atoms. The molecule has 1 unspecified atom stereocenters. The van der Waals surface area contributed by atoms with E-state index in [0.717, 1.165) is 4.31 Å². The van der Waals surface area contributed by atoms with Crippen LogP contribution in [0.5, 0.6) is 0 Å². The predicted octanol–water partition coefficient (Wildman–Crippen LogP) is -0.542. The van der Waals surface area contributed by atoms with E-state index in [0.29, 0.717) is 6.42 Å².